The molecule has 1 saturated heterocycles. The maximum atomic E-state index is 12.0. The summed E-state index contributed by atoms with van der Waals surface area (Å²) in [7, 11) is 0. The molecular formula is C14H26N2O. The van der Waals surface area contributed by atoms with Crippen molar-refractivity contribution in [2.45, 2.75) is 40.0 Å². The van der Waals surface area contributed by atoms with E-state index in [1.165, 1.54) is 12.8 Å². The van der Waals surface area contributed by atoms with Crippen LogP contribution in [-0.2, 0) is 4.79 Å². The Morgan fingerprint density at radius 3 is 2.76 bits per heavy atom. The third kappa shape index (κ3) is 5.35. The highest BCUT2D eigenvalue weighted by Crippen LogP contribution is 2.12. The van der Waals surface area contributed by atoms with Crippen LogP contribution in [0.5, 0.6) is 0 Å². The SMILES string of the molecule is CCCN(CC1CCCNC1)C(=O)C=C(C)C. The number of nitrogens with zero attached hydrogens (tertiary/aromatic N) is 1. The number of piperidine rings is 1. The third-order valence-corrected chi connectivity index (χ3v) is 3.09. The molecule has 0 aromatic carbocycles. The fraction of sp³-hybridized carbons (Fsp3) is 0.786. The number of hydrogen-bond acceptors (Lipinski definition) is 2. The molecule has 1 atom stereocenters. The topological polar surface area (TPSA) is 32.3 Å². The fourth-order valence-electron chi connectivity index (χ4n) is 2.29. The minimum Gasteiger partial charge on any atom is -0.339 e. The van der Waals surface area contributed by atoms with E-state index in [1.807, 2.05) is 18.7 Å². The lowest BCUT2D eigenvalue weighted by Gasteiger charge is -2.29. The molecule has 0 aliphatic carbocycles. The van der Waals surface area contributed by atoms with Crippen LogP contribution in [0.3, 0.4) is 0 Å². The molecule has 3 nitrogen and oxygen atoms in total. The summed E-state index contributed by atoms with van der Waals surface area (Å²) in [4.78, 5) is 14.1. The Morgan fingerprint density at radius 2 is 2.24 bits per heavy atom. The van der Waals surface area contributed by atoms with Gasteiger partial charge in [-0.15, -0.1) is 0 Å². The van der Waals surface area contributed by atoms with Crippen molar-refractivity contribution in [2.24, 2.45) is 5.92 Å². The predicted octanol–water partition coefficient (Wildman–Crippen LogP) is 2.19. The van der Waals surface area contributed by atoms with Gasteiger partial charge in [0, 0.05) is 19.2 Å². The van der Waals surface area contributed by atoms with E-state index in [0.717, 1.165) is 38.2 Å². The van der Waals surface area contributed by atoms with Crippen LogP contribution < -0.4 is 5.32 Å². The molecule has 1 heterocycles. The highest BCUT2D eigenvalue weighted by atomic mass is 16.2. The number of hydrogen-bond donors (Lipinski definition) is 1. The Bertz CT molecular complexity index is 263. The maximum absolute atomic E-state index is 12.0. The summed E-state index contributed by atoms with van der Waals surface area (Å²) in [5.41, 5.74) is 1.08. The molecule has 0 aromatic rings. The number of amides is 1. The fourth-order valence-corrected chi connectivity index (χ4v) is 2.29. The maximum Gasteiger partial charge on any atom is 0.246 e. The first kappa shape index (κ1) is 14.2. The van der Waals surface area contributed by atoms with Gasteiger partial charge in [0.05, 0.1) is 0 Å². The van der Waals surface area contributed by atoms with Crippen LogP contribution in [0, 0.1) is 5.92 Å². The standard InChI is InChI=1S/C14H26N2O/c1-4-8-16(14(17)9-12(2)3)11-13-6-5-7-15-10-13/h9,13,15H,4-8,10-11H2,1-3H3. The summed E-state index contributed by atoms with van der Waals surface area (Å²) in [5.74, 6) is 0.808. The Hall–Kier alpha value is -0.830. The van der Waals surface area contributed by atoms with Crippen molar-refractivity contribution in [3.63, 3.8) is 0 Å². The molecule has 1 rings (SSSR count). The highest BCUT2D eigenvalue weighted by molar-refractivity contribution is 5.88. The highest BCUT2D eigenvalue weighted by Gasteiger charge is 2.18. The van der Waals surface area contributed by atoms with Crippen LogP contribution in [-0.4, -0.2) is 37.0 Å². The van der Waals surface area contributed by atoms with Crippen molar-refractivity contribution < 1.29 is 4.79 Å². The first-order chi connectivity index (χ1) is 8.13. The van der Waals surface area contributed by atoms with Crippen LogP contribution in [0.4, 0.5) is 0 Å². The Morgan fingerprint density at radius 1 is 1.47 bits per heavy atom. The molecule has 0 bridgehead atoms. The zero-order chi connectivity index (χ0) is 12.7. The molecule has 3 heteroatoms. The average molecular weight is 238 g/mol. The lowest BCUT2D eigenvalue weighted by atomic mass is 9.99. The molecule has 0 radical (unpaired) electrons. The van der Waals surface area contributed by atoms with Gasteiger partial charge in [-0.05, 0) is 52.1 Å². The molecular weight excluding hydrogens is 212 g/mol. The number of nitrogens with one attached hydrogen (secondary N) is 1. The van der Waals surface area contributed by atoms with Crippen molar-refractivity contribution in [1.82, 2.24) is 10.2 Å². The monoisotopic (exact) mass is 238 g/mol. The predicted molar refractivity (Wildman–Crippen MR) is 71.9 cm³/mol. The molecule has 1 aliphatic rings. The Kier molecular flexibility index (Phi) is 6.27. The first-order valence-electron chi connectivity index (χ1n) is 6.78. The minimum absolute atomic E-state index is 0.178. The summed E-state index contributed by atoms with van der Waals surface area (Å²) in [6.45, 7) is 10.0. The van der Waals surface area contributed by atoms with Gasteiger partial charge in [0.15, 0.2) is 0 Å². The summed E-state index contributed by atoms with van der Waals surface area (Å²) in [6.07, 6.45) is 5.27. The Balaban J connectivity index is 2.52. The van der Waals surface area contributed by atoms with Gasteiger partial charge in [0.25, 0.3) is 0 Å². The number of rotatable bonds is 5. The van der Waals surface area contributed by atoms with E-state index in [4.69, 9.17) is 0 Å². The van der Waals surface area contributed by atoms with Crippen LogP contribution >= 0.6 is 0 Å². The summed E-state index contributed by atoms with van der Waals surface area (Å²) >= 11 is 0. The van der Waals surface area contributed by atoms with Gasteiger partial charge >= 0.3 is 0 Å². The number of carbonyl (C=O) groups excluding carboxylic acids is 1. The second kappa shape index (κ2) is 7.49. The summed E-state index contributed by atoms with van der Waals surface area (Å²) < 4.78 is 0. The normalized spacial score (nSPS) is 19.8. The van der Waals surface area contributed by atoms with Gasteiger partial charge in [0.2, 0.25) is 5.91 Å². The largest absolute Gasteiger partial charge is 0.339 e. The first-order valence-corrected chi connectivity index (χ1v) is 6.78. The Labute approximate surface area is 105 Å². The van der Waals surface area contributed by atoms with Crippen molar-refractivity contribution in [1.29, 1.82) is 0 Å². The second-order valence-electron chi connectivity index (χ2n) is 5.22. The van der Waals surface area contributed by atoms with Crippen molar-refractivity contribution in [2.75, 3.05) is 26.2 Å². The zero-order valence-corrected chi connectivity index (χ0v) is 11.5. The van der Waals surface area contributed by atoms with Crippen LogP contribution in [0.1, 0.15) is 40.0 Å². The molecule has 1 N–H and O–H groups in total. The van der Waals surface area contributed by atoms with Crippen molar-refractivity contribution >= 4 is 5.91 Å². The third-order valence-electron chi connectivity index (χ3n) is 3.09. The van der Waals surface area contributed by atoms with Gasteiger partial charge in [-0.25, -0.2) is 0 Å². The molecule has 1 unspecified atom stereocenters. The zero-order valence-electron chi connectivity index (χ0n) is 11.5. The lowest BCUT2D eigenvalue weighted by molar-refractivity contribution is -0.126. The van der Waals surface area contributed by atoms with E-state index < -0.39 is 0 Å². The summed E-state index contributed by atoms with van der Waals surface area (Å²) in [6, 6.07) is 0. The molecule has 98 valence electrons. The van der Waals surface area contributed by atoms with Gasteiger partial charge in [-0.2, -0.15) is 0 Å². The molecule has 1 amide bonds. The van der Waals surface area contributed by atoms with E-state index in [9.17, 15) is 4.79 Å². The molecule has 1 aliphatic heterocycles. The molecule has 0 spiro atoms. The van der Waals surface area contributed by atoms with Crippen LogP contribution in [0.15, 0.2) is 11.6 Å². The van der Waals surface area contributed by atoms with Crippen LogP contribution in [0.2, 0.25) is 0 Å². The van der Waals surface area contributed by atoms with Crippen LogP contribution in [0.25, 0.3) is 0 Å². The number of allylic oxidation sites excluding steroid dienone is 1. The minimum atomic E-state index is 0.178. The van der Waals surface area contributed by atoms with Gasteiger partial charge < -0.3 is 10.2 Å². The van der Waals surface area contributed by atoms with Gasteiger partial charge in [-0.3, -0.25) is 4.79 Å². The van der Waals surface area contributed by atoms with E-state index in [1.54, 1.807) is 6.08 Å². The molecule has 0 aromatic heterocycles. The lowest BCUT2D eigenvalue weighted by Crippen LogP contribution is -2.40. The van der Waals surface area contributed by atoms with E-state index in [-0.39, 0.29) is 5.91 Å². The van der Waals surface area contributed by atoms with Gasteiger partial charge in [-0.1, -0.05) is 12.5 Å². The average Bonchev–Trinajstić information content (AvgIpc) is 2.29. The second-order valence-corrected chi connectivity index (χ2v) is 5.22. The molecule has 17 heavy (non-hydrogen) atoms. The van der Waals surface area contributed by atoms with E-state index in [2.05, 4.69) is 12.2 Å². The summed E-state index contributed by atoms with van der Waals surface area (Å²) in [5, 5.41) is 3.41. The number of carbonyl (C=O) groups is 1. The van der Waals surface area contributed by atoms with E-state index >= 15 is 0 Å². The van der Waals surface area contributed by atoms with Gasteiger partial charge in [0.1, 0.15) is 0 Å². The van der Waals surface area contributed by atoms with Crippen molar-refractivity contribution in [3.05, 3.63) is 11.6 Å². The molecule has 1 fully saturated rings. The quantitative estimate of drug-likeness (QED) is 0.745. The van der Waals surface area contributed by atoms with E-state index in [0.29, 0.717) is 5.92 Å². The van der Waals surface area contributed by atoms with Crippen molar-refractivity contribution in [3.8, 4) is 0 Å². The smallest absolute Gasteiger partial charge is 0.246 e. The molecule has 0 saturated carbocycles.